The van der Waals surface area contributed by atoms with Gasteiger partial charge in [-0.05, 0) is 47.6 Å². The third-order valence-corrected chi connectivity index (χ3v) is 4.90. The van der Waals surface area contributed by atoms with E-state index in [0.717, 1.165) is 38.7 Å². The van der Waals surface area contributed by atoms with Crippen LogP contribution in [0.15, 0.2) is 46.3 Å². The minimum atomic E-state index is 0.370. The van der Waals surface area contributed by atoms with Gasteiger partial charge in [-0.15, -0.1) is 0 Å². The quantitative estimate of drug-likeness (QED) is 0.541. The second-order valence-corrected chi connectivity index (χ2v) is 6.37. The van der Waals surface area contributed by atoms with E-state index in [1.165, 1.54) is 5.56 Å². The van der Waals surface area contributed by atoms with Crippen LogP contribution >= 0.6 is 11.3 Å². The summed E-state index contributed by atoms with van der Waals surface area (Å²) in [6.07, 6.45) is 4.15. The third kappa shape index (κ3) is 5.39. The van der Waals surface area contributed by atoms with Crippen LogP contribution in [0.5, 0.6) is 0 Å². The maximum atomic E-state index is 4.34. The molecular weight excluding hydrogens is 318 g/mol. The molecule has 0 bridgehead atoms. The molecule has 0 aromatic carbocycles. The Morgan fingerprint density at radius 2 is 2.00 bits per heavy atom. The van der Waals surface area contributed by atoms with Crippen LogP contribution in [0.4, 0.5) is 0 Å². The van der Waals surface area contributed by atoms with Gasteiger partial charge in [0.15, 0.2) is 5.96 Å². The Morgan fingerprint density at radius 1 is 1.25 bits per heavy atom. The summed E-state index contributed by atoms with van der Waals surface area (Å²) >= 11 is 1.76. The van der Waals surface area contributed by atoms with Crippen molar-refractivity contribution in [1.29, 1.82) is 0 Å². The normalized spacial score (nSPS) is 13.2. The van der Waals surface area contributed by atoms with Gasteiger partial charge in [0.2, 0.25) is 0 Å². The summed E-state index contributed by atoms with van der Waals surface area (Å²) in [5.41, 5.74) is 1.37. The minimum absolute atomic E-state index is 0.370. The van der Waals surface area contributed by atoms with E-state index in [1.807, 2.05) is 19.2 Å². The van der Waals surface area contributed by atoms with E-state index in [4.69, 9.17) is 0 Å². The highest BCUT2D eigenvalue weighted by atomic mass is 32.1. The summed E-state index contributed by atoms with van der Waals surface area (Å²) in [4.78, 5) is 6.81. The Kier molecular flexibility index (Phi) is 7.85. The number of thiophene rings is 1. The van der Waals surface area contributed by atoms with E-state index in [2.05, 4.69) is 68.2 Å². The van der Waals surface area contributed by atoms with Crippen LogP contribution < -0.4 is 10.6 Å². The van der Waals surface area contributed by atoms with Crippen LogP contribution in [0.1, 0.15) is 25.5 Å². The van der Waals surface area contributed by atoms with Gasteiger partial charge in [-0.3, -0.25) is 9.89 Å². The fourth-order valence-corrected chi connectivity index (χ4v) is 3.53. The smallest absolute Gasteiger partial charge is 0.191 e. The number of guanidine groups is 1. The molecule has 6 heteroatoms. The second-order valence-electron chi connectivity index (χ2n) is 5.59. The Balaban J connectivity index is 1.86. The SMILES string of the molecule is CCN(CC)C(CNC(=NC)NCCn1cccc1)c1ccsc1. The fourth-order valence-electron chi connectivity index (χ4n) is 2.82. The summed E-state index contributed by atoms with van der Waals surface area (Å²) in [6, 6.07) is 6.68. The third-order valence-electron chi connectivity index (χ3n) is 4.20. The number of hydrogen-bond donors (Lipinski definition) is 2. The molecule has 2 aromatic rings. The molecular formula is C18H29N5S. The van der Waals surface area contributed by atoms with Gasteiger partial charge < -0.3 is 15.2 Å². The Morgan fingerprint density at radius 3 is 2.58 bits per heavy atom. The van der Waals surface area contributed by atoms with Crippen molar-refractivity contribution in [2.24, 2.45) is 4.99 Å². The number of hydrogen-bond acceptors (Lipinski definition) is 3. The number of aromatic nitrogens is 1. The first-order valence-corrected chi connectivity index (χ1v) is 9.54. The molecule has 24 heavy (non-hydrogen) atoms. The van der Waals surface area contributed by atoms with Crippen LogP contribution in [-0.4, -0.2) is 48.7 Å². The average molecular weight is 348 g/mol. The van der Waals surface area contributed by atoms with Crippen LogP contribution in [0, 0.1) is 0 Å². The lowest BCUT2D eigenvalue weighted by Gasteiger charge is -2.30. The molecule has 132 valence electrons. The van der Waals surface area contributed by atoms with Crippen LogP contribution in [0.3, 0.4) is 0 Å². The van der Waals surface area contributed by atoms with Crippen LogP contribution in [-0.2, 0) is 6.54 Å². The molecule has 1 atom stereocenters. The Labute approximate surface area is 149 Å². The first-order chi connectivity index (χ1) is 11.8. The van der Waals surface area contributed by atoms with Crippen LogP contribution in [0.25, 0.3) is 0 Å². The summed E-state index contributed by atoms with van der Waals surface area (Å²) in [6.45, 7) is 9.14. The molecule has 0 amide bonds. The first kappa shape index (κ1) is 18.5. The molecule has 0 aliphatic heterocycles. The van der Waals surface area contributed by atoms with Gasteiger partial charge in [-0.1, -0.05) is 13.8 Å². The van der Waals surface area contributed by atoms with Gasteiger partial charge in [-0.25, -0.2) is 0 Å². The highest BCUT2D eigenvalue weighted by Gasteiger charge is 2.18. The predicted octanol–water partition coefficient (Wildman–Crippen LogP) is 2.80. The van der Waals surface area contributed by atoms with Crippen molar-refractivity contribution in [3.05, 3.63) is 46.9 Å². The van der Waals surface area contributed by atoms with Crippen molar-refractivity contribution in [3.8, 4) is 0 Å². The van der Waals surface area contributed by atoms with Gasteiger partial charge in [0.25, 0.3) is 0 Å². The standard InChI is InChI=1S/C18H29N5S/c1-4-23(5-2)17(16-8-13-24-15-16)14-21-18(19-3)20-9-12-22-10-6-7-11-22/h6-8,10-11,13,15,17H,4-5,9,12,14H2,1-3H3,(H2,19,20,21). The van der Waals surface area contributed by atoms with Gasteiger partial charge in [0.05, 0.1) is 6.04 Å². The summed E-state index contributed by atoms with van der Waals surface area (Å²) < 4.78 is 2.16. The van der Waals surface area contributed by atoms with E-state index < -0.39 is 0 Å². The zero-order chi connectivity index (χ0) is 17.2. The second kappa shape index (κ2) is 10.2. The molecule has 2 rings (SSSR count). The molecule has 0 radical (unpaired) electrons. The van der Waals surface area contributed by atoms with Crippen molar-refractivity contribution in [2.75, 3.05) is 33.2 Å². The molecule has 0 fully saturated rings. The van der Waals surface area contributed by atoms with Gasteiger partial charge in [0, 0.05) is 39.1 Å². The lowest BCUT2D eigenvalue weighted by molar-refractivity contribution is 0.219. The largest absolute Gasteiger partial charge is 0.355 e. The molecule has 0 saturated carbocycles. The van der Waals surface area contributed by atoms with E-state index in [-0.39, 0.29) is 0 Å². The molecule has 0 saturated heterocycles. The summed E-state index contributed by atoms with van der Waals surface area (Å²) in [5, 5.41) is 11.3. The molecule has 0 aliphatic carbocycles. The van der Waals surface area contributed by atoms with Crippen molar-refractivity contribution >= 4 is 17.3 Å². The Bertz CT molecular complexity index is 573. The molecule has 2 heterocycles. The summed E-state index contributed by atoms with van der Waals surface area (Å²) in [7, 11) is 1.82. The first-order valence-electron chi connectivity index (χ1n) is 8.59. The minimum Gasteiger partial charge on any atom is -0.355 e. The van der Waals surface area contributed by atoms with E-state index in [9.17, 15) is 0 Å². The van der Waals surface area contributed by atoms with Crippen molar-refractivity contribution in [1.82, 2.24) is 20.1 Å². The van der Waals surface area contributed by atoms with Crippen LogP contribution in [0.2, 0.25) is 0 Å². The van der Waals surface area contributed by atoms with Gasteiger partial charge in [0.1, 0.15) is 0 Å². The Hall–Kier alpha value is -1.79. The zero-order valence-electron chi connectivity index (χ0n) is 14.9. The van der Waals surface area contributed by atoms with Gasteiger partial charge >= 0.3 is 0 Å². The summed E-state index contributed by atoms with van der Waals surface area (Å²) in [5.74, 6) is 0.856. The number of rotatable bonds is 9. The average Bonchev–Trinajstić information content (AvgIpc) is 3.30. The highest BCUT2D eigenvalue weighted by molar-refractivity contribution is 7.07. The molecule has 1 unspecified atom stereocenters. The highest BCUT2D eigenvalue weighted by Crippen LogP contribution is 2.22. The molecule has 0 aliphatic rings. The fraction of sp³-hybridized carbons (Fsp3) is 0.500. The van der Waals surface area contributed by atoms with E-state index >= 15 is 0 Å². The molecule has 5 nitrogen and oxygen atoms in total. The lowest BCUT2D eigenvalue weighted by atomic mass is 10.1. The van der Waals surface area contributed by atoms with Crippen molar-refractivity contribution in [3.63, 3.8) is 0 Å². The van der Waals surface area contributed by atoms with Gasteiger partial charge in [-0.2, -0.15) is 11.3 Å². The van der Waals surface area contributed by atoms with E-state index in [0.29, 0.717) is 6.04 Å². The number of likely N-dealkylation sites (N-methyl/N-ethyl adjacent to an activating group) is 1. The maximum Gasteiger partial charge on any atom is 0.191 e. The molecule has 2 N–H and O–H groups in total. The van der Waals surface area contributed by atoms with Crippen molar-refractivity contribution < 1.29 is 0 Å². The number of nitrogens with zero attached hydrogens (tertiary/aromatic N) is 3. The molecule has 2 aromatic heterocycles. The molecule has 0 spiro atoms. The van der Waals surface area contributed by atoms with Crippen molar-refractivity contribution in [2.45, 2.75) is 26.4 Å². The number of aliphatic imine (C=N–C) groups is 1. The predicted molar refractivity (Wildman–Crippen MR) is 104 cm³/mol. The van der Waals surface area contributed by atoms with E-state index in [1.54, 1.807) is 11.3 Å². The number of nitrogens with one attached hydrogen (secondary N) is 2. The maximum absolute atomic E-state index is 4.34. The zero-order valence-corrected chi connectivity index (χ0v) is 15.7. The topological polar surface area (TPSA) is 44.6 Å². The monoisotopic (exact) mass is 347 g/mol. The lowest BCUT2D eigenvalue weighted by Crippen LogP contribution is -2.43.